The van der Waals surface area contributed by atoms with Crippen LogP contribution >= 0.6 is 0 Å². The third-order valence-corrected chi connectivity index (χ3v) is 4.37. The Hall–Kier alpha value is -1.63. The average Bonchev–Trinajstić information content (AvgIpc) is 2.99. The molecule has 2 aliphatic heterocycles. The van der Waals surface area contributed by atoms with Gasteiger partial charge in [-0.2, -0.15) is 0 Å². The lowest BCUT2D eigenvalue weighted by atomic mass is 9.99. The van der Waals surface area contributed by atoms with Crippen molar-refractivity contribution in [3.8, 4) is 0 Å². The zero-order valence-electron chi connectivity index (χ0n) is 12.4. The minimum atomic E-state index is -0.859. The highest BCUT2D eigenvalue weighted by Gasteiger charge is 2.42. The third-order valence-electron chi connectivity index (χ3n) is 4.37. The first-order chi connectivity index (χ1) is 9.93. The fraction of sp³-hybridized carbons (Fsp3) is 0.786. The van der Waals surface area contributed by atoms with Crippen molar-refractivity contribution < 1.29 is 24.2 Å². The van der Waals surface area contributed by atoms with Crippen LogP contribution in [0.3, 0.4) is 0 Å². The molecular formula is C14H22N2O5. The first kappa shape index (κ1) is 15.8. The van der Waals surface area contributed by atoms with Gasteiger partial charge in [-0.15, -0.1) is 0 Å². The van der Waals surface area contributed by atoms with Crippen molar-refractivity contribution in [3.05, 3.63) is 0 Å². The van der Waals surface area contributed by atoms with Crippen molar-refractivity contribution in [2.75, 3.05) is 39.9 Å². The first-order valence-corrected chi connectivity index (χ1v) is 7.22. The lowest BCUT2D eigenvalue weighted by Gasteiger charge is -2.20. The Kier molecular flexibility index (Phi) is 4.82. The molecule has 2 amide bonds. The Bertz CT molecular complexity index is 439. The Morgan fingerprint density at radius 3 is 2.62 bits per heavy atom. The van der Waals surface area contributed by atoms with Gasteiger partial charge in [0.2, 0.25) is 11.8 Å². The second-order valence-corrected chi connectivity index (χ2v) is 5.90. The summed E-state index contributed by atoms with van der Waals surface area (Å²) < 4.78 is 4.95. The molecule has 0 bridgehead atoms. The second-order valence-electron chi connectivity index (χ2n) is 5.90. The largest absolute Gasteiger partial charge is 0.481 e. The maximum atomic E-state index is 12.4. The predicted molar refractivity (Wildman–Crippen MR) is 73.4 cm³/mol. The van der Waals surface area contributed by atoms with E-state index in [0.717, 1.165) is 0 Å². The molecule has 7 nitrogen and oxygen atoms in total. The smallest absolute Gasteiger partial charge is 0.308 e. The quantitative estimate of drug-likeness (QED) is 0.750. The van der Waals surface area contributed by atoms with E-state index in [-0.39, 0.29) is 36.6 Å². The molecule has 21 heavy (non-hydrogen) atoms. The van der Waals surface area contributed by atoms with E-state index in [1.165, 1.54) is 0 Å². The van der Waals surface area contributed by atoms with E-state index in [9.17, 15) is 14.4 Å². The van der Waals surface area contributed by atoms with Gasteiger partial charge in [-0.3, -0.25) is 14.4 Å². The van der Waals surface area contributed by atoms with Gasteiger partial charge in [-0.1, -0.05) is 6.92 Å². The molecule has 2 fully saturated rings. The topological polar surface area (TPSA) is 87.2 Å². The van der Waals surface area contributed by atoms with Crippen LogP contribution in [0, 0.1) is 17.8 Å². The Morgan fingerprint density at radius 1 is 1.33 bits per heavy atom. The monoisotopic (exact) mass is 298 g/mol. The maximum Gasteiger partial charge on any atom is 0.308 e. The summed E-state index contributed by atoms with van der Waals surface area (Å²) in [5, 5.41) is 9.12. The SMILES string of the molecule is COCCN1CC(C(=O)N2C[C@@H](C)[C@H](C(=O)O)C2)CC1=O. The van der Waals surface area contributed by atoms with Gasteiger partial charge in [-0.25, -0.2) is 0 Å². The molecule has 0 saturated carbocycles. The zero-order valence-corrected chi connectivity index (χ0v) is 12.4. The number of likely N-dealkylation sites (tertiary alicyclic amines) is 2. The van der Waals surface area contributed by atoms with Gasteiger partial charge in [-0.05, 0) is 5.92 Å². The summed E-state index contributed by atoms with van der Waals surface area (Å²) in [5.74, 6) is -1.90. The van der Waals surface area contributed by atoms with Gasteiger partial charge >= 0.3 is 5.97 Å². The highest BCUT2D eigenvalue weighted by Crippen LogP contribution is 2.27. The van der Waals surface area contributed by atoms with Crippen molar-refractivity contribution in [2.45, 2.75) is 13.3 Å². The number of carboxylic acid groups (broad SMARTS) is 1. The van der Waals surface area contributed by atoms with Gasteiger partial charge in [0.1, 0.15) is 0 Å². The fourth-order valence-electron chi connectivity index (χ4n) is 3.08. The normalized spacial score (nSPS) is 29.2. The first-order valence-electron chi connectivity index (χ1n) is 7.22. The van der Waals surface area contributed by atoms with Crippen LogP contribution in [0.5, 0.6) is 0 Å². The highest BCUT2D eigenvalue weighted by molar-refractivity contribution is 5.89. The number of ether oxygens (including phenoxy) is 1. The Labute approximate surface area is 123 Å². The highest BCUT2D eigenvalue weighted by atomic mass is 16.5. The van der Waals surface area contributed by atoms with Crippen LogP contribution < -0.4 is 0 Å². The summed E-state index contributed by atoms with van der Waals surface area (Å²) in [5.41, 5.74) is 0. The van der Waals surface area contributed by atoms with E-state index >= 15 is 0 Å². The van der Waals surface area contributed by atoms with E-state index in [0.29, 0.717) is 26.2 Å². The van der Waals surface area contributed by atoms with Crippen LogP contribution in [0.2, 0.25) is 0 Å². The maximum absolute atomic E-state index is 12.4. The van der Waals surface area contributed by atoms with E-state index < -0.39 is 11.9 Å². The number of hydrogen-bond donors (Lipinski definition) is 1. The Morgan fingerprint density at radius 2 is 2.05 bits per heavy atom. The second kappa shape index (κ2) is 6.43. The minimum Gasteiger partial charge on any atom is -0.481 e. The molecule has 0 aromatic rings. The molecule has 2 rings (SSSR count). The van der Waals surface area contributed by atoms with Crippen LogP contribution in [0.4, 0.5) is 0 Å². The number of hydrogen-bond acceptors (Lipinski definition) is 4. The number of carboxylic acids is 1. The number of methoxy groups -OCH3 is 1. The molecule has 2 saturated heterocycles. The van der Waals surface area contributed by atoms with E-state index in [1.807, 2.05) is 6.92 Å². The predicted octanol–water partition coefficient (Wildman–Crippen LogP) is -0.340. The van der Waals surface area contributed by atoms with Crippen molar-refractivity contribution in [1.29, 1.82) is 0 Å². The molecule has 0 aromatic carbocycles. The molecule has 0 radical (unpaired) electrons. The molecule has 2 heterocycles. The summed E-state index contributed by atoms with van der Waals surface area (Å²) in [6.07, 6.45) is 0.213. The standard InChI is InChI=1S/C14H22N2O5/c1-9-6-16(8-11(9)14(19)20)13(18)10-5-12(17)15(7-10)3-4-21-2/h9-11H,3-8H2,1-2H3,(H,19,20)/t9-,10?,11-/m1/s1. The van der Waals surface area contributed by atoms with E-state index in [2.05, 4.69) is 0 Å². The third kappa shape index (κ3) is 3.34. The molecule has 2 aliphatic rings. The number of nitrogens with zero attached hydrogens (tertiary/aromatic N) is 2. The van der Waals surface area contributed by atoms with Gasteiger partial charge in [0.05, 0.1) is 18.4 Å². The number of carbonyl (C=O) groups excluding carboxylic acids is 2. The summed E-state index contributed by atoms with van der Waals surface area (Å²) in [6.45, 7) is 3.90. The molecular weight excluding hydrogens is 276 g/mol. The van der Waals surface area contributed by atoms with Crippen LogP contribution in [-0.2, 0) is 19.1 Å². The molecule has 3 atom stereocenters. The number of rotatable bonds is 5. The summed E-state index contributed by atoms with van der Waals surface area (Å²) in [6, 6.07) is 0. The minimum absolute atomic E-state index is 0.0348. The van der Waals surface area contributed by atoms with Gasteiger partial charge < -0.3 is 19.6 Å². The molecule has 0 aliphatic carbocycles. The molecule has 118 valence electrons. The van der Waals surface area contributed by atoms with E-state index in [4.69, 9.17) is 9.84 Å². The fourth-order valence-corrected chi connectivity index (χ4v) is 3.08. The molecule has 1 unspecified atom stereocenters. The van der Waals surface area contributed by atoms with Gasteiger partial charge in [0.25, 0.3) is 0 Å². The molecule has 7 heteroatoms. The molecule has 0 spiro atoms. The van der Waals surface area contributed by atoms with Crippen molar-refractivity contribution in [1.82, 2.24) is 9.80 Å². The van der Waals surface area contributed by atoms with Gasteiger partial charge in [0.15, 0.2) is 0 Å². The van der Waals surface area contributed by atoms with Crippen LogP contribution in [0.15, 0.2) is 0 Å². The zero-order chi connectivity index (χ0) is 15.6. The van der Waals surface area contributed by atoms with Crippen molar-refractivity contribution >= 4 is 17.8 Å². The van der Waals surface area contributed by atoms with Crippen LogP contribution in [0.25, 0.3) is 0 Å². The van der Waals surface area contributed by atoms with Crippen LogP contribution in [0.1, 0.15) is 13.3 Å². The number of aliphatic carboxylic acids is 1. The van der Waals surface area contributed by atoms with E-state index in [1.54, 1.807) is 16.9 Å². The lowest BCUT2D eigenvalue weighted by Crippen LogP contribution is -2.37. The molecule has 0 aromatic heterocycles. The van der Waals surface area contributed by atoms with Gasteiger partial charge in [0, 0.05) is 39.7 Å². The summed E-state index contributed by atoms with van der Waals surface area (Å²) in [4.78, 5) is 38.6. The van der Waals surface area contributed by atoms with Crippen molar-refractivity contribution in [3.63, 3.8) is 0 Å². The average molecular weight is 298 g/mol. The summed E-state index contributed by atoms with van der Waals surface area (Å²) >= 11 is 0. The Balaban J connectivity index is 1.93. The van der Waals surface area contributed by atoms with Crippen LogP contribution in [-0.4, -0.2) is 72.6 Å². The molecule has 1 N–H and O–H groups in total. The van der Waals surface area contributed by atoms with Crippen molar-refractivity contribution in [2.24, 2.45) is 17.8 Å². The number of carbonyl (C=O) groups is 3. The lowest BCUT2D eigenvalue weighted by molar-refractivity contribution is -0.142. The summed E-state index contributed by atoms with van der Waals surface area (Å²) in [7, 11) is 1.57. The number of amides is 2.